The van der Waals surface area contributed by atoms with Gasteiger partial charge in [0.1, 0.15) is 11.5 Å². The van der Waals surface area contributed by atoms with E-state index in [1.807, 2.05) is 0 Å². The molecule has 0 spiro atoms. The first kappa shape index (κ1) is 14.2. The van der Waals surface area contributed by atoms with E-state index >= 15 is 0 Å². The molecule has 0 aromatic heterocycles. The van der Waals surface area contributed by atoms with Gasteiger partial charge < -0.3 is 20.1 Å². The zero-order valence-corrected chi connectivity index (χ0v) is 11.4. The highest BCUT2D eigenvalue weighted by Crippen LogP contribution is 2.23. The average Bonchev–Trinajstić information content (AvgIpc) is 2.36. The molecule has 0 atom stereocenters. The van der Waals surface area contributed by atoms with Gasteiger partial charge >= 0.3 is 0 Å². The number of ether oxygens (including phenoxy) is 2. The minimum absolute atomic E-state index is 0.194. The molecule has 0 unspecified atom stereocenters. The Morgan fingerprint density at radius 1 is 1.28 bits per heavy atom. The number of carbonyl (C=O) groups is 1. The van der Waals surface area contributed by atoms with E-state index in [1.165, 1.54) is 19.1 Å². The van der Waals surface area contributed by atoms with Crippen molar-refractivity contribution in [2.24, 2.45) is 5.73 Å². The summed E-state index contributed by atoms with van der Waals surface area (Å²) >= 11 is 4.77. The molecule has 6 heteroatoms. The van der Waals surface area contributed by atoms with Gasteiger partial charge in [-0.3, -0.25) is 4.79 Å². The third kappa shape index (κ3) is 3.59. The van der Waals surface area contributed by atoms with Gasteiger partial charge in [-0.05, 0) is 12.1 Å². The number of thiocarbonyl (C=S) groups is 1. The molecule has 0 saturated carbocycles. The molecule has 98 valence electrons. The molecule has 0 aliphatic rings. The smallest absolute Gasteiger partial charge is 0.254 e. The summed E-state index contributed by atoms with van der Waals surface area (Å²) in [5.74, 6) is 0.919. The van der Waals surface area contributed by atoms with E-state index in [4.69, 9.17) is 27.4 Å². The van der Waals surface area contributed by atoms with Gasteiger partial charge in [0.15, 0.2) is 0 Å². The van der Waals surface area contributed by atoms with Crippen molar-refractivity contribution >= 4 is 23.1 Å². The lowest BCUT2D eigenvalue weighted by Gasteiger charge is -2.17. The molecule has 0 heterocycles. The maximum atomic E-state index is 12.1. The van der Waals surface area contributed by atoms with Crippen LogP contribution in [0.25, 0.3) is 0 Å². The number of methoxy groups -OCH3 is 2. The summed E-state index contributed by atoms with van der Waals surface area (Å²) in [5.41, 5.74) is 5.87. The van der Waals surface area contributed by atoms with Crippen LogP contribution in [0.4, 0.5) is 0 Å². The van der Waals surface area contributed by atoms with Gasteiger partial charge in [-0.1, -0.05) is 12.2 Å². The molecule has 1 aromatic rings. The molecule has 2 N–H and O–H groups in total. The molecule has 0 saturated heterocycles. The Morgan fingerprint density at radius 2 is 1.78 bits per heavy atom. The van der Waals surface area contributed by atoms with E-state index in [1.54, 1.807) is 25.2 Å². The van der Waals surface area contributed by atoms with Gasteiger partial charge in [0.05, 0.1) is 25.8 Å². The molecular weight excluding hydrogens is 252 g/mol. The summed E-state index contributed by atoms with van der Waals surface area (Å²) in [6.07, 6.45) is 0. The zero-order valence-electron chi connectivity index (χ0n) is 10.6. The van der Waals surface area contributed by atoms with Crippen molar-refractivity contribution < 1.29 is 14.3 Å². The van der Waals surface area contributed by atoms with E-state index in [2.05, 4.69) is 0 Å². The fraction of sp³-hybridized carbons (Fsp3) is 0.333. The fourth-order valence-corrected chi connectivity index (χ4v) is 1.65. The summed E-state index contributed by atoms with van der Waals surface area (Å²) in [7, 11) is 4.69. The average molecular weight is 268 g/mol. The van der Waals surface area contributed by atoms with Crippen LogP contribution in [0.5, 0.6) is 11.5 Å². The third-order valence-electron chi connectivity index (χ3n) is 2.34. The summed E-state index contributed by atoms with van der Waals surface area (Å²) in [5, 5.41) is 0. The van der Waals surface area contributed by atoms with Crippen molar-refractivity contribution in [3.63, 3.8) is 0 Å². The first-order valence-corrected chi connectivity index (χ1v) is 5.65. The van der Waals surface area contributed by atoms with Crippen molar-refractivity contribution in [2.45, 2.75) is 0 Å². The topological polar surface area (TPSA) is 64.8 Å². The lowest BCUT2D eigenvalue weighted by atomic mass is 10.1. The monoisotopic (exact) mass is 268 g/mol. The van der Waals surface area contributed by atoms with Crippen LogP contribution in [0.3, 0.4) is 0 Å². The van der Waals surface area contributed by atoms with Crippen LogP contribution in [-0.2, 0) is 0 Å². The van der Waals surface area contributed by atoms with Crippen molar-refractivity contribution in [3.8, 4) is 11.5 Å². The molecule has 0 bridgehead atoms. The number of benzene rings is 1. The standard InChI is InChI=1S/C12H16N2O3S/c1-14(7-11(13)18)12(15)8-4-9(16-2)6-10(5-8)17-3/h4-6H,7H2,1-3H3,(H2,13,18). The molecule has 1 amide bonds. The second kappa shape index (κ2) is 6.20. The number of likely N-dealkylation sites (N-methyl/N-ethyl adjacent to an activating group) is 1. The lowest BCUT2D eigenvalue weighted by molar-refractivity contribution is 0.0814. The Hall–Kier alpha value is -1.82. The van der Waals surface area contributed by atoms with Crippen LogP contribution in [0.1, 0.15) is 10.4 Å². The van der Waals surface area contributed by atoms with Crippen molar-refractivity contribution in [1.82, 2.24) is 4.90 Å². The molecule has 5 nitrogen and oxygen atoms in total. The van der Waals surface area contributed by atoms with Crippen molar-refractivity contribution in [2.75, 3.05) is 27.8 Å². The predicted molar refractivity (Wildman–Crippen MR) is 73.3 cm³/mol. The van der Waals surface area contributed by atoms with Crippen LogP contribution in [0, 0.1) is 0 Å². The number of hydrogen-bond acceptors (Lipinski definition) is 4. The summed E-state index contributed by atoms with van der Waals surface area (Å²) in [6.45, 7) is 0.230. The lowest BCUT2D eigenvalue weighted by Crippen LogP contribution is -2.34. The van der Waals surface area contributed by atoms with E-state index in [9.17, 15) is 4.79 Å². The summed E-state index contributed by atoms with van der Waals surface area (Å²) < 4.78 is 10.2. The number of rotatable bonds is 5. The van der Waals surface area contributed by atoms with Crippen LogP contribution < -0.4 is 15.2 Å². The largest absolute Gasteiger partial charge is 0.497 e. The molecule has 18 heavy (non-hydrogen) atoms. The minimum atomic E-state index is -0.194. The van der Waals surface area contributed by atoms with Crippen molar-refractivity contribution in [1.29, 1.82) is 0 Å². The number of nitrogens with zero attached hydrogens (tertiary/aromatic N) is 1. The third-order valence-corrected chi connectivity index (χ3v) is 2.47. The van der Waals surface area contributed by atoms with Crippen LogP contribution in [-0.4, -0.2) is 43.6 Å². The van der Waals surface area contributed by atoms with Gasteiger partial charge in [-0.15, -0.1) is 0 Å². The molecule has 1 aromatic carbocycles. The summed E-state index contributed by atoms with van der Waals surface area (Å²) in [6, 6.07) is 4.98. The van der Waals surface area contributed by atoms with E-state index < -0.39 is 0 Å². The normalized spacial score (nSPS) is 9.72. The van der Waals surface area contributed by atoms with Crippen LogP contribution in [0.15, 0.2) is 18.2 Å². The highest BCUT2D eigenvalue weighted by Gasteiger charge is 2.14. The first-order chi connectivity index (χ1) is 8.47. The quantitative estimate of drug-likeness (QED) is 0.809. The van der Waals surface area contributed by atoms with Gasteiger partial charge in [0.25, 0.3) is 5.91 Å². The maximum Gasteiger partial charge on any atom is 0.254 e. The number of amides is 1. The molecule has 0 aliphatic carbocycles. The van der Waals surface area contributed by atoms with E-state index in [0.717, 1.165) is 0 Å². The molecule has 0 aliphatic heterocycles. The zero-order chi connectivity index (χ0) is 13.7. The highest BCUT2D eigenvalue weighted by atomic mass is 32.1. The minimum Gasteiger partial charge on any atom is -0.497 e. The second-order valence-corrected chi connectivity index (χ2v) is 4.25. The Kier molecular flexibility index (Phi) is 4.91. The fourth-order valence-electron chi connectivity index (χ4n) is 1.46. The maximum absolute atomic E-state index is 12.1. The van der Waals surface area contributed by atoms with Gasteiger partial charge in [0, 0.05) is 18.7 Å². The molecule has 1 rings (SSSR count). The van der Waals surface area contributed by atoms with Crippen LogP contribution >= 0.6 is 12.2 Å². The van der Waals surface area contributed by atoms with Crippen molar-refractivity contribution in [3.05, 3.63) is 23.8 Å². The SMILES string of the molecule is COc1cc(OC)cc(C(=O)N(C)CC(N)=S)c1. The number of nitrogens with two attached hydrogens (primary N) is 1. The Balaban J connectivity index is 3.00. The molecular formula is C12H16N2O3S. The van der Waals surface area contributed by atoms with Gasteiger partial charge in [-0.25, -0.2) is 0 Å². The van der Waals surface area contributed by atoms with E-state index in [0.29, 0.717) is 17.1 Å². The predicted octanol–water partition coefficient (Wildman–Crippen LogP) is 1.06. The summed E-state index contributed by atoms with van der Waals surface area (Å²) in [4.78, 5) is 13.8. The molecule has 0 radical (unpaired) electrons. The Morgan fingerprint density at radius 3 is 2.17 bits per heavy atom. The van der Waals surface area contributed by atoms with Gasteiger partial charge in [-0.2, -0.15) is 0 Å². The first-order valence-electron chi connectivity index (χ1n) is 5.24. The Labute approximate surface area is 111 Å². The highest BCUT2D eigenvalue weighted by molar-refractivity contribution is 7.80. The Bertz CT molecular complexity index is 440. The number of carbonyl (C=O) groups excluding carboxylic acids is 1. The van der Waals surface area contributed by atoms with E-state index in [-0.39, 0.29) is 17.4 Å². The van der Waals surface area contributed by atoms with Crippen LogP contribution in [0.2, 0.25) is 0 Å². The molecule has 0 fully saturated rings. The number of hydrogen-bond donors (Lipinski definition) is 1. The van der Waals surface area contributed by atoms with Gasteiger partial charge in [0.2, 0.25) is 0 Å². The second-order valence-electron chi connectivity index (χ2n) is 3.73.